The average Bonchev–Trinajstić information content (AvgIpc) is 2.48. The Kier molecular flexibility index (Phi) is 4.79. The quantitative estimate of drug-likeness (QED) is 0.816. The van der Waals surface area contributed by atoms with Gasteiger partial charge in [-0.15, -0.1) is 0 Å². The number of hydrogen-bond donors (Lipinski definition) is 2. The maximum atomic E-state index is 12.9. The van der Waals surface area contributed by atoms with Crippen LogP contribution < -0.4 is 5.32 Å². The molecule has 1 aromatic carbocycles. The third kappa shape index (κ3) is 3.86. The number of hydrogen-bond acceptors (Lipinski definition) is 3. The van der Waals surface area contributed by atoms with Gasteiger partial charge in [0.15, 0.2) is 0 Å². The first-order valence-corrected chi connectivity index (χ1v) is 6.27. The van der Waals surface area contributed by atoms with Gasteiger partial charge in [-0.2, -0.15) is 4.39 Å². The van der Waals surface area contributed by atoms with E-state index < -0.39 is 5.95 Å². The normalized spacial score (nSPS) is 10.3. The molecular weight excluding hydrogens is 259 g/mol. The Morgan fingerprint density at radius 3 is 2.55 bits per heavy atom. The highest BCUT2D eigenvalue weighted by atomic mass is 19.1. The first kappa shape index (κ1) is 14.1. The summed E-state index contributed by atoms with van der Waals surface area (Å²) in [5, 5.41) is 11.7. The fraction of sp³-hybridized carbons (Fsp3) is 0.200. The number of nitrogens with one attached hydrogen (secondary N) is 1. The summed E-state index contributed by atoms with van der Waals surface area (Å²) in [5.41, 5.74) is 2.17. The third-order valence-corrected chi connectivity index (χ3v) is 2.89. The van der Waals surface area contributed by atoms with Gasteiger partial charge in [0.2, 0.25) is 5.95 Å². The molecule has 1 heterocycles. The van der Waals surface area contributed by atoms with Gasteiger partial charge in [-0.1, -0.05) is 24.3 Å². The number of aliphatic hydroxyl groups is 1. The molecule has 4 nitrogen and oxygen atoms in total. The fourth-order valence-corrected chi connectivity index (χ4v) is 1.78. The van der Waals surface area contributed by atoms with Crippen molar-refractivity contribution in [3.8, 4) is 0 Å². The Balaban J connectivity index is 1.84. The Bertz CT molecular complexity index is 585. The van der Waals surface area contributed by atoms with Gasteiger partial charge in [0.1, 0.15) is 0 Å². The van der Waals surface area contributed by atoms with E-state index in [0.717, 1.165) is 17.2 Å². The van der Waals surface area contributed by atoms with Gasteiger partial charge >= 0.3 is 0 Å². The summed E-state index contributed by atoms with van der Waals surface area (Å²) in [6.07, 6.45) is 1.93. The largest absolute Gasteiger partial charge is 0.392 e. The van der Waals surface area contributed by atoms with Crippen LogP contribution >= 0.6 is 0 Å². The summed E-state index contributed by atoms with van der Waals surface area (Å²) < 4.78 is 12.9. The van der Waals surface area contributed by atoms with Crippen LogP contribution in [0.4, 0.5) is 4.39 Å². The van der Waals surface area contributed by atoms with Crippen molar-refractivity contribution in [1.29, 1.82) is 0 Å². The van der Waals surface area contributed by atoms with Gasteiger partial charge in [-0.3, -0.25) is 4.79 Å². The van der Waals surface area contributed by atoms with E-state index in [-0.39, 0.29) is 18.1 Å². The van der Waals surface area contributed by atoms with Crippen LogP contribution in [0.5, 0.6) is 0 Å². The molecular formula is C15H15FN2O2. The highest BCUT2D eigenvalue weighted by Gasteiger charge is 2.06. The third-order valence-electron chi connectivity index (χ3n) is 2.89. The molecule has 0 atom stereocenters. The van der Waals surface area contributed by atoms with Gasteiger partial charge in [0.05, 0.1) is 6.61 Å². The number of pyridine rings is 1. The van der Waals surface area contributed by atoms with Gasteiger partial charge < -0.3 is 10.4 Å². The molecule has 1 aromatic heterocycles. The number of benzene rings is 1. The number of rotatable bonds is 5. The predicted molar refractivity (Wildman–Crippen MR) is 72.6 cm³/mol. The summed E-state index contributed by atoms with van der Waals surface area (Å²) in [5.74, 6) is -0.990. The molecule has 2 aromatic rings. The second-order valence-electron chi connectivity index (χ2n) is 4.35. The van der Waals surface area contributed by atoms with Gasteiger partial charge in [-0.05, 0) is 23.6 Å². The van der Waals surface area contributed by atoms with Gasteiger partial charge in [-0.25, -0.2) is 4.98 Å². The van der Waals surface area contributed by atoms with Crippen LogP contribution in [-0.4, -0.2) is 22.5 Å². The van der Waals surface area contributed by atoms with E-state index in [1.165, 1.54) is 12.3 Å². The van der Waals surface area contributed by atoms with E-state index in [1.807, 2.05) is 24.3 Å². The smallest absolute Gasteiger partial charge is 0.251 e. The molecule has 5 heteroatoms. The number of aliphatic hydroxyl groups excluding tert-OH is 1. The maximum Gasteiger partial charge on any atom is 0.251 e. The molecule has 0 unspecified atom stereocenters. The number of amides is 1. The highest BCUT2D eigenvalue weighted by Crippen LogP contribution is 2.05. The van der Waals surface area contributed by atoms with Crippen molar-refractivity contribution in [2.24, 2.45) is 0 Å². The van der Waals surface area contributed by atoms with Crippen molar-refractivity contribution >= 4 is 5.91 Å². The number of halogens is 1. The average molecular weight is 274 g/mol. The van der Waals surface area contributed by atoms with E-state index in [2.05, 4.69) is 10.3 Å². The van der Waals surface area contributed by atoms with Gasteiger partial charge in [0.25, 0.3) is 5.91 Å². The Hall–Kier alpha value is -2.27. The van der Waals surface area contributed by atoms with E-state index in [0.29, 0.717) is 13.0 Å². The Labute approximate surface area is 116 Å². The molecule has 0 aliphatic rings. The minimum Gasteiger partial charge on any atom is -0.392 e. The zero-order valence-corrected chi connectivity index (χ0v) is 10.8. The lowest BCUT2D eigenvalue weighted by molar-refractivity contribution is 0.0953. The summed E-state index contributed by atoms with van der Waals surface area (Å²) in [4.78, 5) is 15.1. The molecule has 0 spiro atoms. The van der Waals surface area contributed by atoms with Crippen molar-refractivity contribution in [1.82, 2.24) is 10.3 Å². The number of aromatic nitrogens is 1. The molecule has 2 N–H and O–H groups in total. The number of nitrogens with zero attached hydrogens (tertiary/aromatic N) is 1. The molecule has 20 heavy (non-hydrogen) atoms. The minimum atomic E-state index is -0.669. The van der Waals surface area contributed by atoms with E-state index in [4.69, 9.17) is 5.11 Å². The highest BCUT2D eigenvalue weighted by molar-refractivity contribution is 5.93. The van der Waals surface area contributed by atoms with Crippen LogP contribution in [0.2, 0.25) is 0 Å². The molecule has 104 valence electrons. The lowest BCUT2D eigenvalue weighted by atomic mass is 10.1. The summed E-state index contributed by atoms with van der Waals surface area (Å²) in [7, 11) is 0. The van der Waals surface area contributed by atoms with Crippen LogP contribution in [0.15, 0.2) is 42.6 Å². The first-order chi connectivity index (χ1) is 9.69. The monoisotopic (exact) mass is 274 g/mol. The first-order valence-electron chi connectivity index (χ1n) is 6.27. The number of carbonyl (C=O) groups is 1. The standard InChI is InChI=1S/C15H15FN2O2/c16-14-9-13(6-8-17-14)15(20)18-7-5-11-1-3-12(10-19)4-2-11/h1-4,6,8-9,19H,5,7,10H2,(H,18,20). The number of carbonyl (C=O) groups excluding carboxylic acids is 1. The summed E-state index contributed by atoms with van der Waals surface area (Å²) in [6.45, 7) is 0.478. The van der Waals surface area contributed by atoms with Crippen LogP contribution in [0.25, 0.3) is 0 Å². The van der Waals surface area contributed by atoms with Crippen molar-refractivity contribution in [3.63, 3.8) is 0 Å². The summed E-state index contributed by atoms with van der Waals surface area (Å²) in [6, 6.07) is 10.1. The lowest BCUT2D eigenvalue weighted by Crippen LogP contribution is -2.25. The van der Waals surface area contributed by atoms with Crippen molar-refractivity contribution in [2.75, 3.05) is 6.54 Å². The molecule has 0 bridgehead atoms. The molecule has 0 saturated heterocycles. The van der Waals surface area contributed by atoms with Crippen LogP contribution in [0.1, 0.15) is 21.5 Å². The molecule has 2 rings (SSSR count). The molecule has 0 aliphatic heterocycles. The zero-order valence-electron chi connectivity index (χ0n) is 10.8. The lowest BCUT2D eigenvalue weighted by Gasteiger charge is -2.06. The summed E-state index contributed by atoms with van der Waals surface area (Å²) >= 11 is 0. The second-order valence-corrected chi connectivity index (χ2v) is 4.35. The Morgan fingerprint density at radius 1 is 1.20 bits per heavy atom. The molecule has 0 aliphatic carbocycles. The fourth-order valence-electron chi connectivity index (χ4n) is 1.78. The Morgan fingerprint density at radius 2 is 1.90 bits per heavy atom. The molecule has 0 fully saturated rings. The minimum absolute atomic E-state index is 0.0185. The molecule has 0 saturated carbocycles. The van der Waals surface area contributed by atoms with Crippen LogP contribution in [0.3, 0.4) is 0 Å². The second kappa shape index (κ2) is 6.77. The van der Waals surface area contributed by atoms with Crippen molar-refractivity contribution in [2.45, 2.75) is 13.0 Å². The van der Waals surface area contributed by atoms with Crippen LogP contribution in [-0.2, 0) is 13.0 Å². The van der Waals surface area contributed by atoms with E-state index in [9.17, 15) is 9.18 Å². The van der Waals surface area contributed by atoms with Crippen LogP contribution in [0, 0.1) is 5.95 Å². The zero-order chi connectivity index (χ0) is 14.4. The topological polar surface area (TPSA) is 62.2 Å². The van der Waals surface area contributed by atoms with Gasteiger partial charge in [0, 0.05) is 24.4 Å². The van der Waals surface area contributed by atoms with E-state index >= 15 is 0 Å². The van der Waals surface area contributed by atoms with Crippen molar-refractivity contribution in [3.05, 3.63) is 65.2 Å². The van der Waals surface area contributed by atoms with E-state index in [1.54, 1.807) is 0 Å². The SMILES string of the molecule is O=C(NCCc1ccc(CO)cc1)c1ccnc(F)c1. The molecule has 1 amide bonds. The molecule has 0 radical (unpaired) electrons. The predicted octanol–water partition coefficient (Wildman–Crippen LogP) is 1.69. The van der Waals surface area contributed by atoms with Crippen molar-refractivity contribution < 1.29 is 14.3 Å². The maximum absolute atomic E-state index is 12.9.